The van der Waals surface area contributed by atoms with Gasteiger partial charge in [0.2, 0.25) is 0 Å². The summed E-state index contributed by atoms with van der Waals surface area (Å²) in [7, 11) is 0. The monoisotopic (exact) mass is 392 g/mol. The first kappa shape index (κ1) is 21.5. The molecule has 0 saturated heterocycles. The third-order valence-corrected chi connectivity index (χ3v) is 7.12. The van der Waals surface area contributed by atoms with Gasteiger partial charge in [-0.05, 0) is 56.9 Å². The highest BCUT2D eigenvalue weighted by atomic mass is 16.5. The molecule has 1 unspecified atom stereocenters. The van der Waals surface area contributed by atoms with Gasteiger partial charge in [0.1, 0.15) is 0 Å². The van der Waals surface area contributed by atoms with Crippen molar-refractivity contribution in [1.29, 1.82) is 0 Å². The molecule has 5 nitrogen and oxygen atoms in total. The third kappa shape index (κ3) is 4.52. The van der Waals surface area contributed by atoms with E-state index < -0.39 is 18.2 Å². The zero-order valence-corrected chi connectivity index (χ0v) is 17.1. The van der Waals surface area contributed by atoms with Crippen LogP contribution in [0.25, 0.3) is 0 Å². The van der Waals surface area contributed by atoms with Crippen molar-refractivity contribution in [2.75, 3.05) is 6.61 Å². The van der Waals surface area contributed by atoms with E-state index in [0.717, 1.165) is 25.7 Å². The van der Waals surface area contributed by atoms with Gasteiger partial charge >= 0.3 is 5.97 Å². The Morgan fingerprint density at radius 3 is 2.71 bits per heavy atom. The van der Waals surface area contributed by atoms with Crippen LogP contribution < -0.4 is 0 Å². The second kappa shape index (κ2) is 9.55. The standard InChI is InChI=1S/C23H36O5/c1-2-28-23-14-13-21(25)18(11-12-20(24)16-7-4-3-5-8-16)19(23)15-17(23)9-6-10-22(26)27/h9,11-12,16,18-21,24-25H,2-8,10,13-15H2,1H3,(H,26,27)/b12-11+,17-9?/t18-,19-,20?,21-,23+/m1/s1. The molecule has 0 aromatic rings. The zero-order chi connectivity index (χ0) is 20.1. The number of hydrogen-bond donors (Lipinski definition) is 3. The highest BCUT2D eigenvalue weighted by molar-refractivity contribution is 5.66. The van der Waals surface area contributed by atoms with Gasteiger partial charge in [0.25, 0.3) is 0 Å². The predicted molar refractivity (Wildman–Crippen MR) is 108 cm³/mol. The van der Waals surface area contributed by atoms with Gasteiger partial charge in [0, 0.05) is 24.9 Å². The lowest BCUT2D eigenvalue weighted by Gasteiger charge is -2.58. The summed E-state index contributed by atoms with van der Waals surface area (Å²) >= 11 is 0. The van der Waals surface area contributed by atoms with Crippen LogP contribution in [0.4, 0.5) is 0 Å². The number of rotatable bonds is 8. The van der Waals surface area contributed by atoms with Gasteiger partial charge in [-0.25, -0.2) is 0 Å². The minimum Gasteiger partial charge on any atom is -0.481 e. The van der Waals surface area contributed by atoms with Crippen LogP contribution in [0.2, 0.25) is 0 Å². The number of aliphatic hydroxyl groups excluding tert-OH is 2. The number of allylic oxidation sites excluding steroid dienone is 1. The van der Waals surface area contributed by atoms with Crippen molar-refractivity contribution < 1.29 is 24.9 Å². The largest absolute Gasteiger partial charge is 0.481 e. The SMILES string of the molecule is CCO[C@]12CC[C@@H](O)[C@H](/C=C/C(O)C3CCCCC3)[C@H]1CC2=CCCC(=O)O. The van der Waals surface area contributed by atoms with E-state index >= 15 is 0 Å². The predicted octanol–water partition coefficient (Wildman–Crippen LogP) is 3.84. The number of carbonyl (C=O) groups is 1. The highest BCUT2D eigenvalue weighted by Gasteiger charge is 2.58. The van der Waals surface area contributed by atoms with Crippen molar-refractivity contribution >= 4 is 5.97 Å². The Kier molecular flexibility index (Phi) is 7.35. The summed E-state index contributed by atoms with van der Waals surface area (Å²) in [6, 6.07) is 0. The van der Waals surface area contributed by atoms with E-state index in [2.05, 4.69) is 0 Å². The number of aliphatic carboxylic acids is 1. The van der Waals surface area contributed by atoms with Crippen molar-refractivity contribution in [3.63, 3.8) is 0 Å². The van der Waals surface area contributed by atoms with E-state index in [-0.39, 0.29) is 23.9 Å². The number of hydrogen-bond acceptors (Lipinski definition) is 4. The molecule has 5 heteroatoms. The zero-order valence-electron chi connectivity index (χ0n) is 17.1. The summed E-state index contributed by atoms with van der Waals surface area (Å²) in [4.78, 5) is 10.8. The van der Waals surface area contributed by atoms with Crippen LogP contribution in [0.5, 0.6) is 0 Å². The van der Waals surface area contributed by atoms with E-state index in [1.807, 2.05) is 25.2 Å². The summed E-state index contributed by atoms with van der Waals surface area (Å²) in [6.07, 6.45) is 13.9. The number of ether oxygens (including phenoxy) is 1. The quantitative estimate of drug-likeness (QED) is 0.546. The molecule has 5 atom stereocenters. The molecule has 0 bridgehead atoms. The number of aliphatic hydroxyl groups is 2. The van der Waals surface area contributed by atoms with Gasteiger partial charge in [-0.3, -0.25) is 4.79 Å². The maximum atomic E-state index is 10.8. The van der Waals surface area contributed by atoms with Crippen LogP contribution in [0.3, 0.4) is 0 Å². The topological polar surface area (TPSA) is 87.0 Å². The van der Waals surface area contributed by atoms with Gasteiger partial charge in [-0.15, -0.1) is 0 Å². The van der Waals surface area contributed by atoms with E-state index in [9.17, 15) is 15.0 Å². The first-order chi connectivity index (χ1) is 13.5. The number of fused-ring (bicyclic) bond motifs is 1. The summed E-state index contributed by atoms with van der Waals surface area (Å²) in [5.41, 5.74) is 0.829. The summed E-state index contributed by atoms with van der Waals surface area (Å²) in [5, 5.41) is 30.1. The Morgan fingerprint density at radius 2 is 2.04 bits per heavy atom. The lowest BCUT2D eigenvalue weighted by Crippen LogP contribution is -2.60. The van der Waals surface area contributed by atoms with Crippen molar-refractivity contribution in [2.24, 2.45) is 17.8 Å². The molecule has 0 aliphatic heterocycles. The number of carboxylic acid groups (broad SMARTS) is 1. The molecular formula is C23H36O5. The van der Waals surface area contributed by atoms with Crippen molar-refractivity contribution in [3.05, 3.63) is 23.8 Å². The van der Waals surface area contributed by atoms with Gasteiger partial charge in [-0.2, -0.15) is 0 Å². The van der Waals surface area contributed by atoms with Crippen molar-refractivity contribution in [2.45, 2.75) is 88.9 Å². The maximum absolute atomic E-state index is 10.8. The number of carboxylic acids is 1. The minimum atomic E-state index is -0.783. The summed E-state index contributed by atoms with van der Waals surface area (Å²) in [5.74, 6) is -0.262. The smallest absolute Gasteiger partial charge is 0.303 e. The first-order valence-electron chi connectivity index (χ1n) is 11.1. The molecule has 0 aromatic carbocycles. The highest BCUT2D eigenvalue weighted by Crippen LogP contribution is 2.57. The molecule has 3 fully saturated rings. The van der Waals surface area contributed by atoms with Crippen molar-refractivity contribution in [3.8, 4) is 0 Å². The molecule has 0 amide bonds. The molecule has 3 aliphatic rings. The van der Waals surface area contributed by atoms with E-state index in [1.54, 1.807) is 0 Å². The Morgan fingerprint density at radius 1 is 1.29 bits per heavy atom. The summed E-state index contributed by atoms with van der Waals surface area (Å²) < 4.78 is 6.22. The fourth-order valence-electron chi connectivity index (χ4n) is 5.59. The summed E-state index contributed by atoms with van der Waals surface area (Å²) in [6.45, 7) is 2.59. The lowest BCUT2D eigenvalue weighted by molar-refractivity contribution is -0.155. The van der Waals surface area contributed by atoms with Gasteiger partial charge < -0.3 is 20.1 Å². The van der Waals surface area contributed by atoms with Crippen LogP contribution >= 0.6 is 0 Å². The normalized spacial score (nSPS) is 36.2. The third-order valence-electron chi connectivity index (χ3n) is 7.12. The molecule has 3 saturated carbocycles. The van der Waals surface area contributed by atoms with Gasteiger partial charge in [0.15, 0.2) is 0 Å². The Bertz CT molecular complexity index is 592. The van der Waals surface area contributed by atoms with E-state index in [1.165, 1.54) is 24.8 Å². The Hall–Kier alpha value is -1.17. The van der Waals surface area contributed by atoms with Crippen LogP contribution in [-0.2, 0) is 9.53 Å². The fourth-order valence-corrected chi connectivity index (χ4v) is 5.59. The molecule has 3 rings (SSSR count). The average Bonchev–Trinajstić information content (AvgIpc) is 2.68. The molecular weight excluding hydrogens is 356 g/mol. The van der Waals surface area contributed by atoms with E-state index in [4.69, 9.17) is 9.84 Å². The Balaban J connectivity index is 1.70. The molecule has 0 aromatic heterocycles. The lowest BCUT2D eigenvalue weighted by atomic mass is 9.53. The molecule has 28 heavy (non-hydrogen) atoms. The fraction of sp³-hybridized carbons (Fsp3) is 0.783. The van der Waals surface area contributed by atoms with Gasteiger partial charge in [-0.1, -0.05) is 37.5 Å². The first-order valence-corrected chi connectivity index (χ1v) is 11.1. The molecule has 0 heterocycles. The molecule has 0 spiro atoms. The molecule has 3 aliphatic carbocycles. The molecule has 3 N–H and O–H groups in total. The van der Waals surface area contributed by atoms with Crippen LogP contribution in [0.1, 0.15) is 71.1 Å². The maximum Gasteiger partial charge on any atom is 0.303 e. The Labute approximate surface area is 168 Å². The van der Waals surface area contributed by atoms with Crippen LogP contribution in [-0.4, -0.2) is 45.7 Å². The second-order valence-corrected chi connectivity index (χ2v) is 8.75. The van der Waals surface area contributed by atoms with Crippen molar-refractivity contribution in [1.82, 2.24) is 0 Å². The second-order valence-electron chi connectivity index (χ2n) is 8.75. The van der Waals surface area contributed by atoms with Crippen LogP contribution in [0.15, 0.2) is 23.8 Å². The minimum absolute atomic E-state index is 0.0184. The average molecular weight is 393 g/mol. The molecule has 0 radical (unpaired) electrons. The van der Waals surface area contributed by atoms with Gasteiger partial charge in [0.05, 0.1) is 17.8 Å². The molecule has 158 valence electrons. The van der Waals surface area contributed by atoms with Crippen LogP contribution in [0, 0.1) is 17.8 Å². The van der Waals surface area contributed by atoms with E-state index in [0.29, 0.717) is 25.4 Å².